The van der Waals surface area contributed by atoms with Crippen molar-refractivity contribution in [1.82, 2.24) is 0 Å². The summed E-state index contributed by atoms with van der Waals surface area (Å²) in [6, 6.07) is 21.8. The minimum absolute atomic E-state index is 0.194. The van der Waals surface area contributed by atoms with Crippen LogP contribution in [0.5, 0.6) is 0 Å². The number of hydrogen-bond acceptors (Lipinski definition) is 5. The van der Waals surface area contributed by atoms with Crippen molar-refractivity contribution in [2.24, 2.45) is 0 Å². The van der Waals surface area contributed by atoms with Crippen molar-refractivity contribution in [3.05, 3.63) is 106 Å². The Balaban J connectivity index is 1.94. The molecule has 0 aliphatic carbocycles. The Morgan fingerprint density at radius 3 is 1.68 bits per heavy atom. The SMILES string of the molecule is Cc1ccc([C@H](C[N+](=O)[O-])C2(Cl)C(=O)N(c3ccccc3)C(=O)N(c3ccccc3)C2=O)cc1. The highest BCUT2D eigenvalue weighted by Crippen LogP contribution is 2.43. The van der Waals surface area contributed by atoms with Gasteiger partial charge in [-0.15, -0.1) is 0 Å². The van der Waals surface area contributed by atoms with Crippen LogP contribution in [0.15, 0.2) is 84.9 Å². The predicted octanol–water partition coefficient (Wildman–Crippen LogP) is 4.53. The van der Waals surface area contributed by atoms with Gasteiger partial charge in [0.1, 0.15) is 0 Å². The summed E-state index contributed by atoms with van der Waals surface area (Å²) in [5.41, 5.74) is 1.62. The Bertz CT molecular complexity index is 1190. The van der Waals surface area contributed by atoms with E-state index in [0.29, 0.717) is 5.56 Å². The van der Waals surface area contributed by atoms with Gasteiger partial charge in [0, 0.05) is 4.92 Å². The van der Waals surface area contributed by atoms with Gasteiger partial charge in [-0.1, -0.05) is 77.8 Å². The van der Waals surface area contributed by atoms with Gasteiger partial charge >= 0.3 is 6.03 Å². The van der Waals surface area contributed by atoms with Gasteiger partial charge < -0.3 is 0 Å². The monoisotopic (exact) mass is 477 g/mol. The maximum Gasteiger partial charge on any atom is 0.342 e. The lowest BCUT2D eigenvalue weighted by molar-refractivity contribution is -0.483. The minimum atomic E-state index is -2.44. The number of para-hydroxylation sites is 2. The molecule has 3 aromatic rings. The van der Waals surface area contributed by atoms with Crippen LogP contribution < -0.4 is 9.80 Å². The van der Waals surface area contributed by atoms with Crippen molar-refractivity contribution < 1.29 is 19.3 Å². The van der Waals surface area contributed by atoms with Crippen molar-refractivity contribution in [2.75, 3.05) is 16.3 Å². The van der Waals surface area contributed by atoms with Gasteiger partial charge in [-0.05, 0) is 36.8 Å². The number of alkyl halides is 1. The molecular weight excluding hydrogens is 458 g/mol. The Kier molecular flexibility index (Phi) is 6.17. The maximum absolute atomic E-state index is 13.8. The van der Waals surface area contributed by atoms with E-state index in [0.717, 1.165) is 15.4 Å². The van der Waals surface area contributed by atoms with E-state index in [9.17, 15) is 24.5 Å². The molecule has 4 amide bonds. The number of nitro groups is 1. The first-order valence-electron chi connectivity index (χ1n) is 10.5. The van der Waals surface area contributed by atoms with E-state index < -0.39 is 40.1 Å². The average Bonchev–Trinajstić information content (AvgIpc) is 2.83. The zero-order valence-electron chi connectivity index (χ0n) is 18.1. The molecule has 34 heavy (non-hydrogen) atoms. The number of anilines is 2. The number of nitrogens with zero attached hydrogens (tertiary/aromatic N) is 3. The van der Waals surface area contributed by atoms with Crippen LogP contribution in [-0.4, -0.2) is 34.2 Å². The highest BCUT2D eigenvalue weighted by atomic mass is 35.5. The van der Waals surface area contributed by atoms with E-state index >= 15 is 0 Å². The fraction of sp³-hybridized carbons (Fsp3) is 0.160. The number of aryl methyl sites for hydroxylation is 1. The van der Waals surface area contributed by atoms with Crippen LogP contribution in [0.2, 0.25) is 0 Å². The fourth-order valence-corrected chi connectivity index (χ4v) is 4.37. The average molecular weight is 478 g/mol. The molecule has 1 fully saturated rings. The summed E-state index contributed by atoms with van der Waals surface area (Å²) in [6.07, 6.45) is 0. The quantitative estimate of drug-likeness (QED) is 0.224. The number of halogens is 1. The molecular formula is C25H20ClN3O5. The number of benzene rings is 3. The van der Waals surface area contributed by atoms with E-state index in [2.05, 4.69) is 0 Å². The lowest BCUT2D eigenvalue weighted by Crippen LogP contribution is -2.69. The van der Waals surface area contributed by atoms with E-state index in [1.807, 2.05) is 6.92 Å². The molecule has 1 atom stereocenters. The standard InChI is InChI=1S/C25H20ClN3O5/c1-17-12-14-18(15-13-17)21(16-27(33)34)25(26)22(30)28(19-8-4-2-5-9-19)24(32)29(23(25)31)20-10-6-3-7-11-20/h2-15,21H,16H2,1H3/t21-/m0/s1. The lowest BCUT2D eigenvalue weighted by atomic mass is 9.81. The van der Waals surface area contributed by atoms with Crippen LogP contribution in [0.3, 0.4) is 0 Å². The Morgan fingerprint density at radius 1 is 0.824 bits per heavy atom. The first-order valence-corrected chi connectivity index (χ1v) is 10.8. The molecule has 3 aromatic carbocycles. The highest BCUT2D eigenvalue weighted by Gasteiger charge is 2.63. The smallest absolute Gasteiger partial charge is 0.271 e. The summed E-state index contributed by atoms with van der Waals surface area (Å²) in [6.45, 7) is 1.05. The van der Waals surface area contributed by atoms with E-state index in [1.54, 1.807) is 60.7 Å². The molecule has 0 bridgehead atoms. The third kappa shape index (κ3) is 3.92. The molecule has 1 aliphatic rings. The van der Waals surface area contributed by atoms with Crippen LogP contribution in [0.4, 0.5) is 16.2 Å². The molecule has 4 rings (SSSR count). The van der Waals surface area contributed by atoms with Gasteiger partial charge in [0.15, 0.2) is 0 Å². The van der Waals surface area contributed by atoms with Crippen LogP contribution in [0, 0.1) is 17.0 Å². The van der Waals surface area contributed by atoms with Crippen LogP contribution >= 0.6 is 11.6 Å². The van der Waals surface area contributed by atoms with Gasteiger partial charge in [-0.3, -0.25) is 19.7 Å². The molecule has 9 heteroatoms. The largest absolute Gasteiger partial charge is 0.342 e. The number of imide groups is 2. The normalized spacial score (nSPS) is 16.5. The van der Waals surface area contributed by atoms with Crippen molar-refractivity contribution in [3.8, 4) is 0 Å². The van der Waals surface area contributed by atoms with Crippen molar-refractivity contribution >= 4 is 40.8 Å². The molecule has 1 heterocycles. The second-order valence-electron chi connectivity index (χ2n) is 7.93. The molecule has 0 N–H and O–H groups in total. The predicted molar refractivity (Wildman–Crippen MR) is 128 cm³/mol. The van der Waals surface area contributed by atoms with Crippen LogP contribution in [-0.2, 0) is 9.59 Å². The van der Waals surface area contributed by atoms with Gasteiger partial charge in [-0.25, -0.2) is 14.6 Å². The summed E-state index contributed by atoms with van der Waals surface area (Å²) in [5, 5.41) is 11.6. The zero-order chi connectivity index (χ0) is 24.5. The van der Waals surface area contributed by atoms with Crippen LogP contribution in [0.1, 0.15) is 17.0 Å². The summed E-state index contributed by atoms with van der Waals surface area (Å²) >= 11 is 6.88. The Hall–Kier alpha value is -4.04. The van der Waals surface area contributed by atoms with Crippen LogP contribution in [0.25, 0.3) is 0 Å². The Morgan fingerprint density at radius 2 is 1.26 bits per heavy atom. The van der Waals surface area contributed by atoms with Crippen molar-refractivity contribution in [1.29, 1.82) is 0 Å². The molecule has 0 unspecified atom stereocenters. The number of carbonyl (C=O) groups excluding carboxylic acids is 3. The molecule has 0 aromatic heterocycles. The van der Waals surface area contributed by atoms with E-state index in [-0.39, 0.29) is 11.4 Å². The molecule has 0 saturated carbocycles. The number of barbiturate groups is 1. The zero-order valence-corrected chi connectivity index (χ0v) is 18.9. The summed E-state index contributed by atoms with van der Waals surface area (Å²) in [7, 11) is 0. The fourth-order valence-electron chi connectivity index (χ4n) is 4.01. The van der Waals surface area contributed by atoms with Gasteiger partial charge in [-0.2, -0.15) is 0 Å². The highest BCUT2D eigenvalue weighted by molar-refractivity contribution is 6.57. The first kappa shape index (κ1) is 23.1. The van der Waals surface area contributed by atoms with Gasteiger partial charge in [0.05, 0.1) is 17.3 Å². The number of amides is 4. The topological polar surface area (TPSA) is 101 Å². The third-order valence-corrected chi connectivity index (χ3v) is 6.32. The lowest BCUT2D eigenvalue weighted by Gasteiger charge is -2.43. The van der Waals surface area contributed by atoms with Gasteiger partial charge in [0.25, 0.3) is 11.8 Å². The molecule has 0 spiro atoms. The van der Waals surface area contributed by atoms with Crippen molar-refractivity contribution in [3.63, 3.8) is 0 Å². The molecule has 8 nitrogen and oxygen atoms in total. The van der Waals surface area contributed by atoms with E-state index in [4.69, 9.17) is 11.6 Å². The number of rotatable bonds is 6. The first-order chi connectivity index (χ1) is 16.2. The summed E-state index contributed by atoms with van der Waals surface area (Å²) in [4.78, 5) is 51.3. The second kappa shape index (κ2) is 9.07. The second-order valence-corrected chi connectivity index (χ2v) is 8.52. The summed E-state index contributed by atoms with van der Waals surface area (Å²) < 4.78 is 0. The Labute approximate surface area is 200 Å². The minimum Gasteiger partial charge on any atom is -0.271 e. The molecule has 1 aliphatic heterocycles. The number of urea groups is 1. The summed E-state index contributed by atoms with van der Waals surface area (Å²) in [5.74, 6) is -3.40. The molecule has 0 radical (unpaired) electrons. The molecule has 1 saturated heterocycles. The van der Waals surface area contributed by atoms with E-state index in [1.165, 1.54) is 24.3 Å². The van der Waals surface area contributed by atoms with Gasteiger partial charge in [0.2, 0.25) is 11.4 Å². The maximum atomic E-state index is 13.8. The third-order valence-electron chi connectivity index (χ3n) is 5.73. The number of hydrogen-bond donors (Lipinski definition) is 0. The molecule has 172 valence electrons. The van der Waals surface area contributed by atoms with Crippen molar-refractivity contribution in [2.45, 2.75) is 17.7 Å². The number of carbonyl (C=O) groups is 3.